The van der Waals surface area contributed by atoms with Crippen molar-refractivity contribution in [1.29, 1.82) is 0 Å². The number of rotatable bonds is 5. The van der Waals surface area contributed by atoms with Gasteiger partial charge in [0.15, 0.2) is 8.32 Å². The molecule has 0 aromatic rings. The average Bonchev–Trinajstić information content (AvgIpc) is 2.18. The van der Waals surface area contributed by atoms with E-state index in [4.69, 9.17) is 4.43 Å². The van der Waals surface area contributed by atoms with Crippen LogP contribution in [0, 0.1) is 11.2 Å². The molecule has 112 valence electrons. The third-order valence-electron chi connectivity index (χ3n) is 3.20. The number of alkyl halides is 3. The second-order valence-corrected chi connectivity index (χ2v) is 11.6. The highest BCUT2D eigenvalue weighted by molar-refractivity contribution is 8.04. The van der Waals surface area contributed by atoms with Crippen LogP contribution in [0.15, 0.2) is 0 Å². The van der Waals surface area contributed by atoms with Gasteiger partial charge in [-0.3, -0.25) is 0 Å². The molecule has 19 heavy (non-hydrogen) atoms. The van der Waals surface area contributed by atoms with Gasteiger partial charge in [0.1, 0.15) is 0 Å². The van der Waals surface area contributed by atoms with Crippen LogP contribution < -0.4 is 0 Å². The monoisotopic (exact) mass is 312 g/mol. The Bertz CT molecular complexity index is 323. The summed E-state index contributed by atoms with van der Waals surface area (Å²) in [5, 5.41) is 2.26. The van der Waals surface area contributed by atoms with E-state index in [0.29, 0.717) is 13.0 Å². The third kappa shape index (κ3) is 9.42. The number of thioether (sulfide) groups is 1. The van der Waals surface area contributed by atoms with Gasteiger partial charge in [0.25, 0.3) is 0 Å². The average molecular weight is 312 g/mol. The van der Waals surface area contributed by atoms with Gasteiger partial charge in [-0.05, 0) is 36.2 Å². The minimum Gasteiger partial charge on any atom is -0.417 e. The molecule has 0 amide bonds. The summed E-state index contributed by atoms with van der Waals surface area (Å²) in [6.45, 7) is 11.6. The van der Waals surface area contributed by atoms with E-state index in [1.165, 1.54) is 0 Å². The van der Waals surface area contributed by atoms with Gasteiger partial charge in [-0.25, -0.2) is 0 Å². The van der Waals surface area contributed by atoms with Crippen LogP contribution in [0.25, 0.3) is 0 Å². The van der Waals surface area contributed by atoms with E-state index in [2.05, 4.69) is 45.0 Å². The summed E-state index contributed by atoms with van der Waals surface area (Å²) in [7, 11) is -1.69. The minimum atomic E-state index is -4.25. The highest BCUT2D eigenvalue weighted by Crippen LogP contribution is 2.36. The third-order valence-corrected chi connectivity index (χ3v) is 8.22. The first-order valence-corrected chi connectivity index (χ1v) is 10.0. The molecule has 0 aliphatic carbocycles. The molecule has 0 bridgehead atoms. The van der Waals surface area contributed by atoms with Gasteiger partial charge in [-0.2, -0.15) is 13.2 Å². The first-order chi connectivity index (χ1) is 8.46. The van der Waals surface area contributed by atoms with E-state index in [-0.39, 0.29) is 16.8 Å². The van der Waals surface area contributed by atoms with Crippen molar-refractivity contribution in [2.45, 2.75) is 63.7 Å². The smallest absolute Gasteiger partial charge is 0.417 e. The van der Waals surface area contributed by atoms with Crippen LogP contribution in [0.1, 0.15) is 40.0 Å². The van der Waals surface area contributed by atoms with Gasteiger partial charge in [0, 0.05) is 24.8 Å². The van der Waals surface area contributed by atoms with Crippen LogP contribution in [0.5, 0.6) is 0 Å². The molecule has 0 aromatic carbocycles. The maximum atomic E-state index is 11.8. The lowest BCUT2D eigenvalue weighted by Crippen LogP contribution is -2.40. The molecule has 6 heteroatoms. The zero-order chi connectivity index (χ0) is 15.2. The molecule has 0 radical (unpaired) electrons. The normalized spacial score (nSPS) is 13.1. The Kier molecular flexibility index (Phi) is 7.55. The second kappa shape index (κ2) is 7.60. The van der Waals surface area contributed by atoms with Gasteiger partial charge in [0.2, 0.25) is 0 Å². The zero-order valence-electron chi connectivity index (χ0n) is 12.3. The minimum absolute atomic E-state index is 0.191. The lowest BCUT2D eigenvalue weighted by atomic mass is 10.2. The molecule has 0 rings (SSSR count). The van der Waals surface area contributed by atoms with Crippen LogP contribution in [-0.4, -0.2) is 20.4 Å². The molecular formula is C13H23F3OSSi. The predicted molar refractivity (Wildman–Crippen MR) is 78.4 cm³/mol. The van der Waals surface area contributed by atoms with Gasteiger partial charge in [0.05, 0.1) is 0 Å². The summed E-state index contributed by atoms with van der Waals surface area (Å²) in [5.41, 5.74) is -4.25. The summed E-state index contributed by atoms with van der Waals surface area (Å²) >= 11 is -0.281. The summed E-state index contributed by atoms with van der Waals surface area (Å²) in [6, 6.07) is 0. The van der Waals surface area contributed by atoms with E-state index in [1.54, 1.807) is 0 Å². The van der Waals surface area contributed by atoms with Crippen molar-refractivity contribution in [3.05, 3.63) is 0 Å². The number of halogens is 3. The van der Waals surface area contributed by atoms with E-state index < -0.39 is 13.8 Å². The first-order valence-electron chi connectivity index (χ1n) is 6.32. The highest BCUT2D eigenvalue weighted by Gasteiger charge is 2.36. The number of hydrogen-bond acceptors (Lipinski definition) is 2. The van der Waals surface area contributed by atoms with Crippen LogP contribution >= 0.6 is 11.8 Å². The standard InChI is InChI=1S/C13H23F3OSSi/c1-12(2,3)19(4,5)17-10-8-6-7-9-11-18-13(14,15)16/h6-8,10H2,1-5H3. The molecule has 0 N–H and O–H groups in total. The van der Waals surface area contributed by atoms with Crippen LogP contribution in [0.3, 0.4) is 0 Å². The Morgan fingerprint density at radius 1 is 1.11 bits per heavy atom. The van der Waals surface area contributed by atoms with Crippen molar-refractivity contribution in [2.75, 3.05) is 6.61 Å². The van der Waals surface area contributed by atoms with Gasteiger partial charge >= 0.3 is 5.51 Å². The Hall–Kier alpha value is -0.123. The van der Waals surface area contributed by atoms with E-state index in [0.717, 1.165) is 12.8 Å². The molecule has 0 fully saturated rings. The molecule has 1 nitrogen and oxygen atoms in total. The lowest BCUT2D eigenvalue weighted by molar-refractivity contribution is -0.0318. The Morgan fingerprint density at radius 3 is 2.16 bits per heavy atom. The molecule has 0 aromatic heterocycles. The van der Waals surface area contributed by atoms with Crippen molar-refractivity contribution >= 4 is 20.1 Å². The maximum absolute atomic E-state index is 11.8. The molecular weight excluding hydrogens is 289 g/mol. The Balaban J connectivity index is 3.73. The van der Waals surface area contributed by atoms with Crippen molar-refractivity contribution in [2.24, 2.45) is 0 Å². The Morgan fingerprint density at radius 2 is 1.68 bits per heavy atom. The van der Waals surface area contributed by atoms with E-state index in [9.17, 15) is 13.2 Å². The molecule has 0 heterocycles. The summed E-state index contributed by atoms with van der Waals surface area (Å²) < 4.78 is 41.3. The van der Waals surface area contributed by atoms with Crippen LogP contribution in [-0.2, 0) is 4.43 Å². The highest BCUT2D eigenvalue weighted by atomic mass is 32.2. The second-order valence-electron chi connectivity index (χ2n) is 5.89. The van der Waals surface area contributed by atoms with E-state index >= 15 is 0 Å². The van der Waals surface area contributed by atoms with Crippen LogP contribution in [0.4, 0.5) is 13.2 Å². The summed E-state index contributed by atoms with van der Waals surface area (Å²) in [5.74, 6) is 2.52. The van der Waals surface area contributed by atoms with Crippen LogP contribution in [0.2, 0.25) is 18.1 Å². The number of unbranched alkanes of at least 4 members (excludes halogenated alkanes) is 2. The zero-order valence-corrected chi connectivity index (χ0v) is 14.1. The molecule has 0 aliphatic heterocycles. The molecule has 0 atom stereocenters. The van der Waals surface area contributed by atoms with Gasteiger partial charge in [-0.1, -0.05) is 26.7 Å². The summed E-state index contributed by atoms with van der Waals surface area (Å²) in [4.78, 5) is 0. The SMILES string of the molecule is CC(C)(C)[Si](C)(C)OCCCCC#CSC(F)(F)F. The Labute approximate surface area is 119 Å². The molecule has 0 saturated carbocycles. The fourth-order valence-electron chi connectivity index (χ4n) is 1.00. The molecule has 0 spiro atoms. The molecule has 0 unspecified atom stereocenters. The predicted octanol–water partition coefficient (Wildman–Crippen LogP) is 5.39. The summed E-state index contributed by atoms with van der Waals surface area (Å²) in [6.07, 6.45) is 2.11. The lowest BCUT2D eigenvalue weighted by Gasteiger charge is -2.36. The molecule has 0 saturated heterocycles. The fraction of sp³-hybridized carbons (Fsp3) is 0.846. The van der Waals surface area contributed by atoms with Crippen molar-refractivity contribution in [1.82, 2.24) is 0 Å². The first kappa shape index (κ1) is 18.9. The number of hydrogen-bond donors (Lipinski definition) is 0. The van der Waals surface area contributed by atoms with Crippen molar-refractivity contribution < 1.29 is 17.6 Å². The fourth-order valence-corrected chi connectivity index (χ4v) is 2.38. The van der Waals surface area contributed by atoms with Gasteiger partial charge in [-0.15, -0.1) is 0 Å². The van der Waals surface area contributed by atoms with Crippen molar-refractivity contribution in [3.63, 3.8) is 0 Å². The largest absolute Gasteiger partial charge is 0.453 e. The molecule has 0 aliphatic rings. The topological polar surface area (TPSA) is 9.23 Å². The quantitative estimate of drug-likeness (QED) is 0.382. The maximum Gasteiger partial charge on any atom is 0.453 e. The van der Waals surface area contributed by atoms with Crippen molar-refractivity contribution in [3.8, 4) is 11.2 Å². The van der Waals surface area contributed by atoms with E-state index in [1.807, 2.05) is 0 Å². The van der Waals surface area contributed by atoms with Gasteiger partial charge < -0.3 is 4.43 Å².